The maximum atomic E-state index is 12.8. The minimum Gasteiger partial charge on any atom is -0.305 e. The summed E-state index contributed by atoms with van der Waals surface area (Å²) < 4.78 is 3.72. The highest BCUT2D eigenvalue weighted by Gasteiger charge is 2.25. The van der Waals surface area contributed by atoms with Crippen molar-refractivity contribution in [2.75, 3.05) is 18.9 Å². The van der Waals surface area contributed by atoms with Crippen LogP contribution in [-0.4, -0.2) is 48.5 Å². The number of nitrogens with zero attached hydrogens (tertiary/aromatic N) is 6. The van der Waals surface area contributed by atoms with Gasteiger partial charge >= 0.3 is 0 Å². The van der Waals surface area contributed by atoms with E-state index in [9.17, 15) is 4.79 Å². The lowest BCUT2D eigenvalue weighted by molar-refractivity contribution is 0.102. The fourth-order valence-corrected chi connectivity index (χ4v) is 4.20. The number of fused-ring (bicyclic) bond motifs is 2. The van der Waals surface area contributed by atoms with Crippen LogP contribution in [0.3, 0.4) is 0 Å². The number of rotatable bonds is 3. The van der Waals surface area contributed by atoms with E-state index in [0.717, 1.165) is 40.9 Å². The number of likely N-dealkylation sites (tertiary alicyclic amines) is 1. The predicted molar refractivity (Wildman–Crippen MR) is 111 cm³/mol. The van der Waals surface area contributed by atoms with E-state index in [4.69, 9.17) is 4.98 Å². The van der Waals surface area contributed by atoms with Gasteiger partial charge < -0.3 is 9.72 Å². The van der Waals surface area contributed by atoms with E-state index in [-0.39, 0.29) is 5.91 Å². The number of imidazole rings is 1. The Morgan fingerprint density at radius 2 is 2.10 bits per heavy atom. The van der Waals surface area contributed by atoms with Crippen molar-refractivity contribution in [1.29, 1.82) is 0 Å². The zero-order chi connectivity index (χ0) is 20.1. The Bertz CT molecular complexity index is 1240. The van der Waals surface area contributed by atoms with Gasteiger partial charge in [0.25, 0.3) is 5.91 Å². The molecule has 1 N–H and O–H groups in total. The first-order chi connectivity index (χ1) is 14.0. The quantitative estimate of drug-likeness (QED) is 0.583. The molecule has 1 aromatic carbocycles. The van der Waals surface area contributed by atoms with Crippen molar-refractivity contribution >= 4 is 28.3 Å². The number of anilines is 1. The van der Waals surface area contributed by atoms with Gasteiger partial charge in [0.1, 0.15) is 5.82 Å². The molecular weight excluding hydrogens is 366 g/mol. The molecular formula is C21H23N7O. The topological polar surface area (TPSA) is 80.4 Å². The van der Waals surface area contributed by atoms with Gasteiger partial charge in [-0.1, -0.05) is 6.07 Å². The largest absolute Gasteiger partial charge is 0.305 e. The van der Waals surface area contributed by atoms with Crippen molar-refractivity contribution in [3.8, 4) is 0 Å². The highest BCUT2D eigenvalue weighted by atomic mass is 16.1. The molecule has 1 aliphatic rings. The van der Waals surface area contributed by atoms with Crippen LogP contribution < -0.4 is 5.32 Å². The van der Waals surface area contributed by atoms with Crippen LogP contribution >= 0.6 is 0 Å². The third-order valence-corrected chi connectivity index (χ3v) is 5.76. The van der Waals surface area contributed by atoms with Crippen LogP contribution in [0.5, 0.6) is 0 Å². The highest BCUT2D eigenvalue weighted by Crippen LogP contribution is 2.29. The zero-order valence-electron chi connectivity index (χ0n) is 16.8. The summed E-state index contributed by atoms with van der Waals surface area (Å²) in [4.78, 5) is 24.2. The third kappa shape index (κ3) is 3.05. The van der Waals surface area contributed by atoms with Crippen LogP contribution in [0.15, 0.2) is 36.8 Å². The van der Waals surface area contributed by atoms with Crippen LogP contribution in [0, 0.1) is 6.92 Å². The van der Waals surface area contributed by atoms with Crippen LogP contribution in [0.4, 0.5) is 5.82 Å². The Labute approximate surface area is 168 Å². The van der Waals surface area contributed by atoms with Gasteiger partial charge in [-0.15, -0.1) is 0 Å². The Balaban J connectivity index is 1.41. The Morgan fingerprint density at radius 3 is 2.90 bits per heavy atom. The standard InChI is InChI=1S/C21H23N7O/c1-13-15-7-6-14(9-18(15)27(3)25-13)21(29)24-19-12-28-11-16(23-20(28)10-22-19)17-5-4-8-26(17)2/h6-7,9-12,17H,4-5,8H2,1-3H3,(H,24,29)/t17-/m1/s1. The van der Waals surface area contributed by atoms with Crippen molar-refractivity contribution in [3.05, 3.63) is 53.7 Å². The number of nitrogens with one attached hydrogen (secondary N) is 1. The van der Waals surface area contributed by atoms with Crippen LogP contribution in [0.25, 0.3) is 16.6 Å². The molecule has 0 saturated carbocycles. The molecule has 4 heterocycles. The number of carbonyl (C=O) groups excluding carboxylic acids is 1. The van der Waals surface area contributed by atoms with E-state index in [1.54, 1.807) is 10.9 Å². The van der Waals surface area contributed by atoms with Crippen molar-refractivity contribution in [2.24, 2.45) is 7.05 Å². The number of amides is 1. The van der Waals surface area contributed by atoms with E-state index in [1.165, 1.54) is 6.42 Å². The first-order valence-corrected chi connectivity index (χ1v) is 9.79. The monoisotopic (exact) mass is 389 g/mol. The minimum atomic E-state index is -0.200. The molecule has 1 fully saturated rings. The second kappa shape index (κ2) is 6.66. The summed E-state index contributed by atoms with van der Waals surface area (Å²) in [5.41, 5.74) is 4.28. The molecule has 5 rings (SSSR count). The zero-order valence-corrected chi connectivity index (χ0v) is 16.8. The maximum Gasteiger partial charge on any atom is 0.256 e. The fourth-order valence-electron chi connectivity index (χ4n) is 4.20. The van der Waals surface area contributed by atoms with Gasteiger partial charge in [0, 0.05) is 24.2 Å². The van der Waals surface area contributed by atoms with Gasteiger partial charge in [-0.3, -0.25) is 14.4 Å². The van der Waals surface area contributed by atoms with Crippen molar-refractivity contribution in [2.45, 2.75) is 25.8 Å². The highest BCUT2D eigenvalue weighted by molar-refractivity contribution is 6.05. The first kappa shape index (κ1) is 17.8. The maximum absolute atomic E-state index is 12.8. The van der Waals surface area contributed by atoms with Gasteiger partial charge in [-0.05, 0) is 45.5 Å². The summed E-state index contributed by atoms with van der Waals surface area (Å²) in [6.07, 6.45) is 7.85. The summed E-state index contributed by atoms with van der Waals surface area (Å²) in [7, 11) is 4.01. The molecule has 4 aromatic rings. The average molecular weight is 389 g/mol. The second-order valence-corrected chi connectivity index (χ2v) is 7.74. The van der Waals surface area contributed by atoms with Crippen molar-refractivity contribution in [1.82, 2.24) is 29.0 Å². The molecule has 8 nitrogen and oxygen atoms in total. The number of aryl methyl sites for hydroxylation is 2. The first-order valence-electron chi connectivity index (χ1n) is 9.79. The molecule has 3 aromatic heterocycles. The van der Waals surface area contributed by atoms with Gasteiger partial charge in [0.15, 0.2) is 5.65 Å². The predicted octanol–water partition coefficient (Wildman–Crippen LogP) is 2.94. The van der Waals surface area contributed by atoms with Crippen molar-refractivity contribution < 1.29 is 4.79 Å². The van der Waals surface area contributed by atoms with Gasteiger partial charge in [-0.2, -0.15) is 5.10 Å². The number of hydrogen-bond donors (Lipinski definition) is 1. The Kier molecular flexibility index (Phi) is 4.09. The van der Waals surface area contributed by atoms with Gasteiger partial charge in [0.2, 0.25) is 0 Å². The normalized spacial score (nSPS) is 17.4. The van der Waals surface area contributed by atoms with E-state index in [0.29, 0.717) is 17.4 Å². The molecule has 148 valence electrons. The number of benzene rings is 1. The summed E-state index contributed by atoms with van der Waals surface area (Å²) in [5.74, 6) is 0.293. The third-order valence-electron chi connectivity index (χ3n) is 5.76. The van der Waals surface area contributed by atoms with E-state index in [2.05, 4.69) is 27.3 Å². The SMILES string of the molecule is Cc1nn(C)c2cc(C(=O)Nc3cn4cc([C@H]5CCCN5C)nc4cn3)ccc12. The molecule has 1 atom stereocenters. The van der Waals surface area contributed by atoms with Crippen LogP contribution in [0.2, 0.25) is 0 Å². The molecule has 1 aliphatic heterocycles. The number of carbonyl (C=O) groups is 1. The smallest absolute Gasteiger partial charge is 0.256 e. The van der Waals surface area contributed by atoms with Gasteiger partial charge in [0.05, 0.1) is 35.3 Å². The summed E-state index contributed by atoms with van der Waals surface area (Å²) in [6.45, 7) is 3.06. The molecule has 29 heavy (non-hydrogen) atoms. The molecule has 8 heteroatoms. The summed E-state index contributed by atoms with van der Waals surface area (Å²) in [6, 6.07) is 5.95. The summed E-state index contributed by atoms with van der Waals surface area (Å²) >= 11 is 0. The summed E-state index contributed by atoms with van der Waals surface area (Å²) in [5, 5.41) is 8.35. The van der Waals surface area contributed by atoms with E-state index in [1.807, 2.05) is 49.0 Å². The van der Waals surface area contributed by atoms with Crippen LogP contribution in [0.1, 0.15) is 40.6 Å². The lowest BCUT2D eigenvalue weighted by Crippen LogP contribution is -2.17. The lowest BCUT2D eigenvalue weighted by Gasteiger charge is -2.16. The molecule has 0 aliphatic carbocycles. The molecule has 0 spiro atoms. The van der Waals surface area contributed by atoms with Gasteiger partial charge in [-0.25, -0.2) is 9.97 Å². The molecule has 0 radical (unpaired) electrons. The second-order valence-electron chi connectivity index (χ2n) is 7.74. The number of hydrogen-bond acceptors (Lipinski definition) is 5. The molecule has 1 amide bonds. The van der Waals surface area contributed by atoms with Crippen LogP contribution in [-0.2, 0) is 7.05 Å². The van der Waals surface area contributed by atoms with Crippen molar-refractivity contribution in [3.63, 3.8) is 0 Å². The molecule has 0 unspecified atom stereocenters. The molecule has 0 bridgehead atoms. The fraction of sp³-hybridized carbons (Fsp3) is 0.333. The average Bonchev–Trinajstić information content (AvgIpc) is 3.38. The Hall–Kier alpha value is -3.26. The van der Waals surface area contributed by atoms with E-state index >= 15 is 0 Å². The number of aromatic nitrogens is 5. The Morgan fingerprint density at radius 1 is 1.24 bits per heavy atom. The van der Waals surface area contributed by atoms with E-state index < -0.39 is 0 Å². The molecule has 1 saturated heterocycles. The minimum absolute atomic E-state index is 0.200. The lowest BCUT2D eigenvalue weighted by atomic mass is 10.1.